The van der Waals surface area contributed by atoms with Gasteiger partial charge in [0.05, 0.1) is 6.42 Å². The van der Waals surface area contributed by atoms with Gasteiger partial charge in [0, 0.05) is 12.5 Å². The maximum absolute atomic E-state index is 12.9. The first-order valence-corrected chi connectivity index (χ1v) is 12.2. The van der Waals surface area contributed by atoms with Gasteiger partial charge in [-0.3, -0.25) is 9.59 Å². The van der Waals surface area contributed by atoms with Crippen LogP contribution in [0.2, 0.25) is 0 Å². The summed E-state index contributed by atoms with van der Waals surface area (Å²) in [6, 6.07) is 15.5. The Balaban J connectivity index is 1.64. The fourth-order valence-electron chi connectivity index (χ4n) is 4.50. The highest BCUT2D eigenvalue weighted by Gasteiger charge is 2.30. The quantitative estimate of drug-likeness (QED) is 0.422. The highest BCUT2D eigenvalue weighted by Crippen LogP contribution is 2.44. The molecule has 3 rings (SSSR count). The molecule has 35 heavy (non-hydrogen) atoms. The van der Waals surface area contributed by atoms with Crippen LogP contribution < -0.4 is 10.6 Å². The van der Waals surface area contributed by atoms with Crippen molar-refractivity contribution in [3.05, 3.63) is 59.7 Å². The average Bonchev–Trinajstić information content (AvgIpc) is 3.13. The van der Waals surface area contributed by atoms with Crippen molar-refractivity contribution in [3.8, 4) is 11.1 Å². The van der Waals surface area contributed by atoms with Crippen LogP contribution in [0.4, 0.5) is 4.79 Å². The number of rotatable bonds is 11. The maximum atomic E-state index is 12.9. The van der Waals surface area contributed by atoms with Crippen molar-refractivity contribution in [2.75, 3.05) is 13.2 Å². The van der Waals surface area contributed by atoms with Gasteiger partial charge < -0.3 is 20.5 Å². The summed E-state index contributed by atoms with van der Waals surface area (Å²) in [6.45, 7) is 7.98. The van der Waals surface area contributed by atoms with Gasteiger partial charge in [0.2, 0.25) is 5.91 Å². The summed E-state index contributed by atoms with van der Waals surface area (Å²) in [4.78, 5) is 36.8. The van der Waals surface area contributed by atoms with Crippen molar-refractivity contribution in [2.45, 2.75) is 58.9 Å². The van der Waals surface area contributed by atoms with Crippen molar-refractivity contribution in [1.82, 2.24) is 10.6 Å². The van der Waals surface area contributed by atoms with Gasteiger partial charge in [-0.1, -0.05) is 82.6 Å². The summed E-state index contributed by atoms with van der Waals surface area (Å²) >= 11 is 0. The normalized spacial score (nSPS) is 14.4. The molecule has 0 saturated carbocycles. The fourth-order valence-corrected chi connectivity index (χ4v) is 4.50. The lowest BCUT2D eigenvalue weighted by atomic mass is 9.89. The zero-order valence-electron chi connectivity index (χ0n) is 21.0. The van der Waals surface area contributed by atoms with Crippen molar-refractivity contribution < 1.29 is 24.2 Å². The molecule has 0 aliphatic heterocycles. The first-order valence-electron chi connectivity index (χ1n) is 12.2. The number of carbonyl (C=O) groups excluding carboxylic acids is 2. The number of benzene rings is 2. The SMILES string of the molecule is CCC(C)CC(NC(=O)OCC1c2ccccc2-c2ccccc21)C(=O)NCC(C)(C)CC(=O)O. The van der Waals surface area contributed by atoms with Gasteiger partial charge in [0.1, 0.15) is 12.6 Å². The zero-order valence-corrected chi connectivity index (χ0v) is 21.0. The van der Waals surface area contributed by atoms with E-state index in [1.165, 1.54) is 0 Å². The second kappa shape index (κ2) is 11.4. The number of hydrogen-bond donors (Lipinski definition) is 3. The van der Waals surface area contributed by atoms with Crippen molar-refractivity contribution >= 4 is 18.0 Å². The Bertz CT molecular complexity index is 1020. The number of carboxylic acid groups (broad SMARTS) is 1. The molecule has 7 nitrogen and oxygen atoms in total. The van der Waals surface area contributed by atoms with Gasteiger partial charge in [-0.25, -0.2) is 4.79 Å². The highest BCUT2D eigenvalue weighted by atomic mass is 16.5. The van der Waals surface area contributed by atoms with E-state index >= 15 is 0 Å². The Labute approximate surface area is 207 Å². The van der Waals surface area contributed by atoms with Crippen LogP contribution in [0.25, 0.3) is 11.1 Å². The number of carbonyl (C=O) groups is 3. The molecule has 0 spiro atoms. The number of fused-ring (bicyclic) bond motifs is 3. The lowest BCUT2D eigenvalue weighted by Gasteiger charge is -2.26. The molecule has 2 aromatic carbocycles. The molecular weight excluding hydrogens is 444 g/mol. The minimum atomic E-state index is -0.919. The van der Waals surface area contributed by atoms with Gasteiger partial charge in [-0.15, -0.1) is 0 Å². The molecule has 0 heterocycles. The van der Waals surface area contributed by atoms with Crippen molar-refractivity contribution in [2.24, 2.45) is 11.3 Å². The number of aliphatic carboxylic acids is 1. The number of amides is 2. The topological polar surface area (TPSA) is 105 Å². The van der Waals surface area contributed by atoms with E-state index in [0.29, 0.717) is 6.42 Å². The lowest BCUT2D eigenvalue weighted by Crippen LogP contribution is -2.49. The second-order valence-corrected chi connectivity index (χ2v) is 10.2. The Morgan fingerprint density at radius 3 is 2.14 bits per heavy atom. The Morgan fingerprint density at radius 1 is 1.03 bits per heavy atom. The zero-order chi connectivity index (χ0) is 25.6. The molecule has 2 aromatic rings. The maximum Gasteiger partial charge on any atom is 0.407 e. The van der Waals surface area contributed by atoms with Gasteiger partial charge in [0.25, 0.3) is 0 Å². The summed E-state index contributed by atoms with van der Waals surface area (Å²) in [7, 11) is 0. The molecule has 2 atom stereocenters. The second-order valence-electron chi connectivity index (χ2n) is 10.2. The van der Waals surface area contributed by atoms with Gasteiger partial charge in [-0.05, 0) is 40.0 Å². The third-order valence-electron chi connectivity index (χ3n) is 6.66. The minimum Gasteiger partial charge on any atom is -0.481 e. The van der Waals surface area contributed by atoms with Gasteiger partial charge in [0.15, 0.2) is 0 Å². The standard InChI is InChI=1S/C28H36N2O5/c1-5-18(2)14-24(26(33)29-17-28(3,4)15-25(31)32)30-27(34)35-16-23-21-12-8-6-10-19(21)20-11-7-9-13-22(20)23/h6-13,18,23-24H,5,14-17H2,1-4H3,(H,29,33)(H,30,34)(H,31,32). The van der Waals surface area contributed by atoms with Crippen LogP contribution in [-0.4, -0.2) is 42.3 Å². The molecule has 188 valence electrons. The van der Waals surface area contributed by atoms with Gasteiger partial charge >= 0.3 is 12.1 Å². The summed E-state index contributed by atoms with van der Waals surface area (Å²) < 4.78 is 5.63. The minimum absolute atomic E-state index is 0.0631. The van der Waals surface area contributed by atoms with E-state index in [1.54, 1.807) is 13.8 Å². The molecule has 0 bridgehead atoms. The molecule has 1 aliphatic carbocycles. The van der Waals surface area contributed by atoms with Crippen LogP contribution in [0, 0.1) is 11.3 Å². The molecule has 0 aromatic heterocycles. The highest BCUT2D eigenvalue weighted by molar-refractivity contribution is 5.86. The number of carboxylic acids is 1. The molecule has 2 amide bonds. The lowest BCUT2D eigenvalue weighted by molar-refractivity contribution is -0.139. The van der Waals surface area contributed by atoms with Crippen molar-refractivity contribution in [3.63, 3.8) is 0 Å². The summed E-state index contributed by atoms with van der Waals surface area (Å²) in [5.41, 5.74) is 3.93. The first-order chi connectivity index (χ1) is 16.6. The predicted octanol–water partition coefficient (Wildman–Crippen LogP) is 4.95. The van der Waals surface area contributed by atoms with Crippen LogP contribution in [-0.2, 0) is 14.3 Å². The average molecular weight is 481 g/mol. The van der Waals surface area contributed by atoms with Crippen LogP contribution >= 0.6 is 0 Å². The third-order valence-corrected chi connectivity index (χ3v) is 6.66. The largest absolute Gasteiger partial charge is 0.481 e. The number of ether oxygens (including phenoxy) is 1. The van der Waals surface area contributed by atoms with E-state index in [9.17, 15) is 14.4 Å². The van der Waals surface area contributed by atoms with E-state index in [4.69, 9.17) is 9.84 Å². The molecule has 0 saturated heterocycles. The van der Waals surface area contributed by atoms with Crippen molar-refractivity contribution in [1.29, 1.82) is 0 Å². The molecule has 0 radical (unpaired) electrons. The Morgan fingerprint density at radius 2 is 1.60 bits per heavy atom. The molecule has 1 aliphatic rings. The fraction of sp³-hybridized carbons (Fsp3) is 0.464. The van der Waals surface area contributed by atoms with Crippen LogP contribution in [0.5, 0.6) is 0 Å². The summed E-state index contributed by atoms with van der Waals surface area (Å²) in [6.07, 6.45) is 0.621. The number of hydrogen-bond acceptors (Lipinski definition) is 4. The van der Waals surface area contributed by atoms with E-state index < -0.39 is 23.5 Å². The first kappa shape index (κ1) is 26.3. The monoisotopic (exact) mass is 480 g/mol. The van der Waals surface area contributed by atoms with Crippen LogP contribution in [0.3, 0.4) is 0 Å². The third kappa shape index (κ3) is 6.84. The molecule has 2 unspecified atom stereocenters. The van der Waals surface area contributed by atoms with Crippen LogP contribution in [0.15, 0.2) is 48.5 Å². The van der Waals surface area contributed by atoms with Crippen LogP contribution in [0.1, 0.15) is 64.0 Å². The molecule has 0 fully saturated rings. The molecule has 7 heteroatoms. The van der Waals surface area contributed by atoms with E-state index in [1.807, 2.05) is 38.1 Å². The number of nitrogens with one attached hydrogen (secondary N) is 2. The Hall–Kier alpha value is -3.35. The molecule has 3 N–H and O–H groups in total. The Kier molecular flexibility index (Phi) is 8.54. The summed E-state index contributed by atoms with van der Waals surface area (Å²) in [5.74, 6) is -1.10. The van der Waals surface area contributed by atoms with E-state index in [2.05, 4.69) is 34.9 Å². The van der Waals surface area contributed by atoms with E-state index in [-0.39, 0.29) is 37.3 Å². The number of alkyl carbamates (subject to hydrolysis) is 1. The van der Waals surface area contributed by atoms with E-state index in [0.717, 1.165) is 28.7 Å². The molecular formula is C28H36N2O5. The van der Waals surface area contributed by atoms with Gasteiger partial charge in [-0.2, -0.15) is 0 Å². The predicted molar refractivity (Wildman–Crippen MR) is 135 cm³/mol. The smallest absolute Gasteiger partial charge is 0.407 e. The summed E-state index contributed by atoms with van der Waals surface area (Å²) in [5, 5.41) is 14.6.